The Kier molecular flexibility index (Phi) is 8.36. The summed E-state index contributed by atoms with van der Waals surface area (Å²) in [6, 6.07) is 22.5. The SMILES string of the molecule is COc1ccc(C(OC[C@H]2O[C@@H](n3ccc(N)nc3=O)C(F)(F)[C@H]2O)(c2ccc(OC)cc2)c2ccc(OC)cc2)cc1. The molecule has 12 heteroatoms. The van der Waals surface area contributed by atoms with E-state index in [0.29, 0.717) is 38.5 Å². The van der Waals surface area contributed by atoms with E-state index in [-0.39, 0.29) is 5.82 Å². The summed E-state index contributed by atoms with van der Waals surface area (Å²) in [6.07, 6.45) is -4.91. The number of aromatic nitrogens is 2. The minimum absolute atomic E-state index is 0.133. The maximum Gasteiger partial charge on any atom is 0.351 e. The van der Waals surface area contributed by atoms with E-state index in [2.05, 4.69) is 4.98 Å². The van der Waals surface area contributed by atoms with Gasteiger partial charge in [-0.3, -0.25) is 4.57 Å². The Balaban J connectivity index is 1.60. The monoisotopic (exact) mass is 595 g/mol. The molecule has 226 valence electrons. The van der Waals surface area contributed by atoms with E-state index in [4.69, 9.17) is 29.4 Å². The van der Waals surface area contributed by atoms with Gasteiger partial charge >= 0.3 is 11.6 Å². The average Bonchev–Trinajstić information content (AvgIpc) is 3.25. The summed E-state index contributed by atoms with van der Waals surface area (Å²) in [5.74, 6) is -2.19. The molecule has 43 heavy (non-hydrogen) atoms. The van der Waals surface area contributed by atoms with Crippen LogP contribution in [0.4, 0.5) is 14.6 Å². The number of alkyl halides is 2. The van der Waals surface area contributed by atoms with Crippen molar-refractivity contribution in [1.29, 1.82) is 0 Å². The normalized spacial score (nSPS) is 19.6. The van der Waals surface area contributed by atoms with Gasteiger partial charge in [-0.05, 0) is 59.2 Å². The molecule has 0 spiro atoms. The van der Waals surface area contributed by atoms with Gasteiger partial charge in [-0.2, -0.15) is 13.8 Å². The summed E-state index contributed by atoms with van der Waals surface area (Å²) in [5.41, 5.74) is 5.00. The number of aliphatic hydroxyl groups excluding tert-OH is 1. The van der Waals surface area contributed by atoms with Gasteiger partial charge in [0.15, 0.2) is 6.10 Å². The van der Waals surface area contributed by atoms with Gasteiger partial charge in [0, 0.05) is 6.20 Å². The van der Waals surface area contributed by atoms with Crippen LogP contribution in [0.3, 0.4) is 0 Å². The van der Waals surface area contributed by atoms with Gasteiger partial charge in [0.05, 0.1) is 27.9 Å². The summed E-state index contributed by atoms with van der Waals surface area (Å²) in [6.45, 7) is -0.492. The zero-order valence-corrected chi connectivity index (χ0v) is 23.6. The molecule has 1 aliphatic rings. The number of hydrogen-bond donors (Lipinski definition) is 2. The van der Waals surface area contributed by atoms with Gasteiger partial charge in [-0.1, -0.05) is 36.4 Å². The largest absolute Gasteiger partial charge is 0.497 e. The number of halogens is 2. The summed E-state index contributed by atoms with van der Waals surface area (Å²) in [5, 5.41) is 10.7. The lowest BCUT2D eigenvalue weighted by atomic mass is 9.80. The molecule has 2 heterocycles. The molecule has 4 aromatic rings. The maximum absolute atomic E-state index is 15.4. The third-order valence-corrected chi connectivity index (χ3v) is 7.44. The molecule has 5 rings (SSSR count). The Morgan fingerprint density at radius 1 is 0.860 bits per heavy atom. The second-order valence-electron chi connectivity index (χ2n) is 9.87. The van der Waals surface area contributed by atoms with E-state index in [0.717, 1.165) is 6.20 Å². The number of nitrogen functional groups attached to an aromatic ring is 1. The van der Waals surface area contributed by atoms with Crippen LogP contribution in [0.2, 0.25) is 0 Å². The summed E-state index contributed by atoms with van der Waals surface area (Å²) < 4.78 is 59.6. The van der Waals surface area contributed by atoms with Crippen molar-refractivity contribution in [3.8, 4) is 17.2 Å². The minimum Gasteiger partial charge on any atom is -0.497 e. The van der Waals surface area contributed by atoms with Crippen molar-refractivity contribution >= 4 is 5.82 Å². The Morgan fingerprint density at radius 3 is 1.70 bits per heavy atom. The van der Waals surface area contributed by atoms with E-state index in [1.165, 1.54) is 6.07 Å². The first-order valence-corrected chi connectivity index (χ1v) is 13.3. The third-order valence-electron chi connectivity index (χ3n) is 7.44. The standard InChI is InChI=1S/C31H31F2N3O7/c1-39-22-10-4-19(5-11-22)30(20-6-12-23(40-2)13-7-20,21-8-14-24(41-3)15-9-21)42-18-25-27(37)31(32,33)28(43-25)36-17-16-26(34)35-29(36)38/h4-17,25,27-28,37H,18H2,1-3H3,(H2,34,35,38)/t25-,27+,28-/m1/s1. The number of rotatable bonds is 10. The highest BCUT2D eigenvalue weighted by Gasteiger charge is 2.60. The predicted molar refractivity (Wildman–Crippen MR) is 153 cm³/mol. The molecule has 0 saturated carbocycles. The maximum atomic E-state index is 15.4. The Hall–Kier alpha value is -4.52. The number of methoxy groups -OCH3 is 3. The van der Waals surface area contributed by atoms with Crippen LogP contribution in [0.25, 0.3) is 0 Å². The molecule has 0 aliphatic carbocycles. The molecule has 1 aromatic heterocycles. The molecule has 3 aromatic carbocycles. The zero-order valence-electron chi connectivity index (χ0n) is 23.6. The summed E-state index contributed by atoms with van der Waals surface area (Å²) >= 11 is 0. The molecule has 3 atom stereocenters. The quantitative estimate of drug-likeness (QED) is 0.264. The van der Waals surface area contributed by atoms with E-state index in [1.54, 1.807) is 94.1 Å². The molecular formula is C31H31F2N3O7. The molecule has 0 amide bonds. The third kappa shape index (κ3) is 5.52. The number of nitrogens with two attached hydrogens (primary N) is 1. The molecule has 1 fully saturated rings. The molecule has 1 aliphatic heterocycles. The molecule has 10 nitrogen and oxygen atoms in total. The highest BCUT2D eigenvalue weighted by molar-refractivity contribution is 5.50. The fraction of sp³-hybridized carbons (Fsp3) is 0.290. The van der Waals surface area contributed by atoms with Crippen molar-refractivity contribution in [2.24, 2.45) is 0 Å². The van der Waals surface area contributed by atoms with Gasteiger partial charge in [0.2, 0.25) is 6.23 Å². The first-order valence-electron chi connectivity index (χ1n) is 13.3. The van der Waals surface area contributed by atoms with Crippen LogP contribution in [-0.2, 0) is 15.1 Å². The molecule has 3 N–H and O–H groups in total. The number of aliphatic hydroxyl groups is 1. The van der Waals surface area contributed by atoms with Crippen molar-refractivity contribution in [3.05, 3.63) is 112 Å². The lowest BCUT2D eigenvalue weighted by Gasteiger charge is -2.37. The van der Waals surface area contributed by atoms with E-state index >= 15 is 8.78 Å². The fourth-order valence-corrected chi connectivity index (χ4v) is 5.14. The van der Waals surface area contributed by atoms with Crippen LogP contribution in [-0.4, -0.2) is 60.7 Å². The zero-order chi connectivity index (χ0) is 30.8. The van der Waals surface area contributed by atoms with E-state index in [1.807, 2.05) is 0 Å². The topological polar surface area (TPSA) is 127 Å². The first kappa shape index (κ1) is 30.0. The van der Waals surface area contributed by atoms with Crippen molar-refractivity contribution in [2.75, 3.05) is 33.7 Å². The van der Waals surface area contributed by atoms with Crippen molar-refractivity contribution in [3.63, 3.8) is 0 Å². The lowest BCUT2D eigenvalue weighted by molar-refractivity contribution is -0.141. The highest BCUT2D eigenvalue weighted by Crippen LogP contribution is 2.46. The molecule has 0 unspecified atom stereocenters. The van der Waals surface area contributed by atoms with Crippen LogP contribution in [0.15, 0.2) is 89.9 Å². The van der Waals surface area contributed by atoms with Crippen LogP contribution in [0, 0.1) is 0 Å². The van der Waals surface area contributed by atoms with E-state index in [9.17, 15) is 9.90 Å². The number of hydrogen-bond acceptors (Lipinski definition) is 9. The van der Waals surface area contributed by atoms with Crippen molar-refractivity contribution in [2.45, 2.75) is 30.0 Å². The lowest BCUT2D eigenvalue weighted by Crippen LogP contribution is -2.43. The minimum atomic E-state index is -3.85. The summed E-state index contributed by atoms with van der Waals surface area (Å²) in [7, 11) is 4.63. The smallest absolute Gasteiger partial charge is 0.351 e. The molecule has 0 radical (unpaired) electrons. The predicted octanol–water partition coefficient (Wildman–Crippen LogP) is 3.75. The van der Waals surface area contributed by atoms with Crippen LogP contribution in [0.1, 0.15) is 22.9 Å². The van der Waals surface area contributed by atoms with Crippen LogP contribution >= 0.6 is 0 Å². The van der Waals surface area contributed by atoms with Crippen molar-refractivity contribution < 1.29 is 37.6 Å². The van der Waals surface area contributed by atoms with Gasteiger partial charge in [0.25, 0.3) is 0 Å². The first-order chi connectivity index (χ1) is 20.6. The number of nitrogens with zero attached hydrogens (tertiary/aromatic N) is 2. The second kappa shape index (κ2) is 12.0. The van der Waals surface area contributed by atoms with Gasteiger partial charge in [-0.15, -0.1) is 0 Å². The molecular weight excluding hydrogens is 564 g/mol. The summed E-state index contributed by atoms with van der Waals surface area (Å²) in [4.78, 5) is 15.9. The van der Waals surface area contributed by atoms with Gasteiger partial charge in [-0.25, -0.2) is 4.79 Å². The Morgan fingerprint density at radius 2 is 1.30 bits per heavy atom. The number of benzene rings is 3. The van der Waals surface area contributed by atoms with Crippen LogP contribution < -0.4 is 25.6 Å². The van der Waals surface area contributed by atoms with Crippen LogP contribution in [0.5, 0.6) is 17.2 Å². The Labute approximate surface area is 246 Å². The van der Waals surface area contributed by atoms with E-state index < -0.39 is 42.3 Å². The molecule has 0 bridgehead atoms. The Bertz CT molecular complexity index is 1480. The second-order valence-corrected chi connectivity index (χ2v) is 9.87. The number of anilines is 1. The fourth-order valence-electron chi connectivity index (χ4n) is 5.14. The molecule has 1 saturated heterocycles. The average molecular weight is 596 g/mol. The number of ether oxygens (including phenoxy) is 5. The highest BCUT2D eigenvalue weighted by atomic mass is 19.3. The van der Waals surface area contributed by atoms with Crippen molar-refractivity contribution in [1.82, 2.24) is 9.55 Å². The van der Waals surface area contributed by atoms with Gasteiger partial charge < -0.3 is 34.5 Å². The van der Waals surface area contributed by atoms with Gasteiger partial charge in [0.1, 0.15) is 34.8 Å².